The van der Waals surface area contributed by atoms with Gasteiger partial charge >= 0.3 is 12.1 Å². The van der Waals surface area contributed by atoms with Gasteiger partial charge in [-0.2, -0.15) is 0 Å². The average Bonchev–Trinajstić information content (AvgIpc) is 2.36. The first-order valence-corrected chi connectivity index (χ1v) is 5.89. The second kappa shape index (κ2) is 6.23. The van der Waals surface area contributed by atoms with E-state index in [2.05, 4.69) is 15.0 Å². The summed E-state index contributed by atoms with van der Waals surface area (Å²) in [5.41, 5.74) is -0.232. The minimum Gasteiger partial charge on any atom is -0.494 e. The van der Waals surface area contributed by atoms with Crippen LogP contribution in [-0.2, 0) is 9.47 Å². The number of amides is 1. The minimum atomic E-state index is -0.636. The van der Waals surface area contributed by atoms with Gasteiger partial charge in [0.2, 0.25) is 0 Å². The maximum Gasteiger partial charge on any atom is 0.412 e. The molecule has 20 heavy (non-hydrogen) atoms. The summed E-state index contributed by atoms with van der Waals surface area (Å²) in [7, 11) is 2.67. The highest BCUT2D eigenvalue weighted by molar-refractivity contribution is 5.90. The highest BCUT2D eigenvalue weighted by Crippen LogP contribution is 2.24. The number of anilines is 1. The van der Waals surface area contributed by atoms with Crippen molar-refractivity contribution in [1.82, 2.24) is 4.98 Å². The summed E-state index contributed by atoms with van der Waals surface area (Å²) in [4.78, 5) is 26.9. The van der Waals surface area contributed by atoms with Crippen molar-refractivity contribution in [3.05, 3.63) is 18.0 Å². The third-order valence-electron chi connectivity index (χ3n) is 2.12. The number of methoxy groups -OCH3 is 2. The van der Waals surface area contributed by atoms with Gasteiger partial charge in [0.25, 0.3) is 0 Å². The molecule has 110 valence electrons. The largest absolute Gasteiger partial charge is 0.494 e. The molecule has 0 radical (unpaired) electrons. The Balaban J connectivity index is 2.91. The molecule has 1 N–H and O–H groups in total. The fourth-order valence-corrected chi connectivity index (χ4v) is 1.33. The Kier molecular flexibility index (Phi) is 4.90. The van der Waals surface area contributed by atoms with Crippen LogP contribution >= 0.6 is 0 Å². The predicted molar refractivity (Wildman–Crippen MR) is 72.0 cm³/mol. The van der Waals surface area contributed by atoms with Crippen molar-refractivity contribution < 1.29 is 23.8 Å². The van der Waals surface area contributed by atoms with E-state index in [1.165, 1.54) is 26.5 Å². The molecule has 1 rings (SSSR count). The third-order valence-corrected chi connectivity index (χ3v) is 2.12. The molecule has 1 aromatic rings. The van der Waals surface area contributed by atoms with Crippen molar-refractivity contribution in [1.29, 1.82) is 0 Å². The summed E-state index contributed by atoms with van der Waals surface area (Å²) in [6.07, 6.45) is 0.665. The smallest absolute Gasteiger partial charge is 0.412 e. The van der Waals surface area contributed by atoms with Crippen LogP contribution in [-0.4, -0.2) is 36.9 Å². The molecule has 1 amide bonds. The molecule has 0 saturated heterocycles. The number of esters is 1. The number of pyridine rings is 1. The Hall–Kier alpha value is -2.31. The molecule has 7 heteroatoms. The van der Waals surface area contributed by atoms with Crippen LogP contribution in [0.5, 0.6) is 5.75 Å². The third kappa shape index (κ3) is 4.42. The van der Waals surface area contributed by atoms with Gasteiger partial charge in [0.05, 0.1) is 20.4 Å². The van der Waals surface area contributed by atoms with Gasteiger partial charge in [-0.3, -0.25) is 5.32 Å². The molecule has 0 aliphatic carbocycles. The van der Waals surface area contributed by atoms with Crippen molar-refractivity contribution >= 4 is 17.7 Å². The first-order valence-electron chi connectivity index (χ1n) is 5.89. The lowest BCUT2D eigenvalue weighted by molar-refractivity contribution is 0.0592. The monoisotopic (exact) mass is 282 g/mol. The number of nitrogens with one attached hydrogen (secondary N) is 1. The van der Waals surface area contributed by atoms with Crippen LogP contribution < -0.4 is 10.1 Å². The Labute approximate surface area is 117 Å². The second-order valence-electron chi connectivity index (χ2n) is 4.89. The van der Waals surface area contributed by atoms with E-state index >= 15 is 0 Å². The lowest BCUT2D eigenvalue weighted by atomic mass is 10.2. The quantitative estimate of drug-likeness (QED) is 0.855. The van der Waals surface area contributed by atoms with Crippen LogP contribution in [0.2, 0.25) is 0 Å². The van der Waals surface area contributed by atoms with Gasteiger partial charge < -0.3 is 14.2 Å². The fourth-order valence-electron chi connectivity index (χ4n) is 1.33. The van der Waals surface area contributed by atoms with Crippen molar-refractivity contribution in [2.24, 2.45) is 0 Å². The number of carbonyl (C=O) groups excluding carboxylic acids is 2. The highest BCUT2D eigenvalue weighted by atomic mass is 16.6. The van der Waals surface area contributed by atoms with Crippen LogP contribution in [0.25, 0.3) is 0 Å². The summed E-state index contributed by atoms with van der Waals surface area (Å²) in [5.74, 6) is -0.307. The summed E-state index contributed by atoms with van der Waals surface area (Å²) in [6.45, 7) is 5.26. The average molecular weight is 282 g/mol. The van der Waals surface area contributed by atoms with E-state index < -0.39 is 17.7 Å². The molecule has 7 nitrogen and oxygen atoms in total. The SMILES string of the molecule is COC(=O)c1cc(OC)c(NC(=O)OC(C)(C)C)cn1. The van der Waals surface area contributed by atoms with Gasteiger partial charge in [-0.15, -0.1) is 0 Å². The van der Waals surface area contributed by atoms with Gasteiger partial charge in [-0.25, -0.2) is 14.6 Å². The summed E-state index contributed by atoms with van der Waals surface area (Å²) in [5, 5.41) is 2.50. The van der Waals surface area contributed by atoms with Gasteiger partial charge in [0.1, 0.15) is 17.0 Å². The molecular weight excluding hydrogens is 264 g/mol. The van der Waals surface area contributed by atoms with E-state index in [1.54, 1.807) is 20.8 Å². The van der Waals surface area contributed by atoms with Crippen LogP contribution in [0.4, 0.5) is 10.5 Å². The standard InChI is InChI=1S/C13H18N2O5/c1-13(2,3)20-12(17)15-9-7-14-8(11(16)19-5)6-10(9)18-4/h6-7H,1-5H3,(H,15,17). The molecule has 0 fully saturated rings. The molecule has 0 aliphatic rings. The molecule has 0 aromatic carbocycles. The zero-order chi connectivity index (χ0) is 15.3. The van der Waals surface area contributed by atoms with Gasteiger partial charge in [-0.1, -0.05) is 0 Å². The van der Waals surface area contributed by atoms with E-state index in [4.69, 9.17) is 9.47 Å². The predicted octanol–water partition coefficient (Wildman–Crippen LogP) is 2.22. The van der Waals surface area contributed by atoms with Crippen LogP contribution in [0.1, 0.15) is 31.3 Å². The Morgan fingerprint density at radius 2 is 1.90 bits per heavy atom. The number of aromatic nitrogens is 1. The number of hydrogen-bond acceptors (Lipinski definition) is 6. The van der Waals surface area contributed by atoms with Crippen LogP contribution in [0.15, 0.2) is 12.3 Å². The minimum absolute atomic E-state index is 0.0825. The van der Waals surface area contributed by atoms with Crippen LogP contribution in [0.3, 0.4) is 0 Å². The molecule has 0 spiro atoms. The van der Waals surface area contributed by atoms with E-state index in [0.29, 0.717) is 5.69 Å². The zero-order valence-corrected chi connectivity index (χ0v) is 12.1. The first kappa shape index (κ1) is 15.7. The lowest BCUT2D eigenvalue weighted by Crippen LogP contribution is -2.27. The number of rotatable bonds is 3. The molecule has 1 aromatic heterocycles. The van der Waals surface area contributed by atoms with E-state index in [0.717, 1.165) is 0 Å². The first-order chi connectivity index (χ1) is 9.26. The number of hydrogen-bond donors (Lipinski definition) is 1. The van der Waals surface area contributed by atoms with Gasteiger partial charge in [0, 0.05) is 6.07 Å². The normalized spacial score (nSPS) is 10.7. The molecule has 0 atom stereocenters. The van der Waals surface area contributed by atoms with Crippen LogP contribution in [0, 0.1) is 0 Å². The summed E-state index contributed by atoms with van der Waals surface area (Å²) < 4.78 is 14.8. The Morgan fingerprint density at radius 3 is 2.40 bits per heavy atom. The van der Waals surface area contributed by atoms with Crippen molar-refractivity contribution in [2.45, 2.75) is 26.4 Å². The summed E-state index contributed by atoms with van der Waals surface area (Å²) in [6, 6.07) is 1.37. The van der Waals surface area contributed by atoms with E-state index in [1.807, 2.05) is 0 Å². The molecule has 0 unspecified atom stereocenters. The van der Waals surface area contributed by atoms with Gasteiger partial charge in [0.15, 0.2) is 5.69 Å². The maximum absolute atomic E-state index is 11.7. The van der Waals surface area contributed by atoms with Crippen molar-refractivity contribution in [2.75, 3.05) is 19.5 Å². The number of carbonyl (C=O) groups is 2. The zero-order valence-electron chi connectivity index (χ0n) is 12.1. The molecule has 1 heterocycles. The molecule has 0 saturated carbocycles. The molecule has 0 aliphatic heterocycles. The van der Waals surface area contributed by atoms with Crippen molar-refractivity contribution in [3.63, 3.8) is 0 Å². The fraction of sp³-hybridized carbons (Fsp3) is 0.462. The Bertz CT molecular complexity index is 508. The topological polar surface area (TPSA) is 86.8 Å². The van der Waals surface area contributed by atoms with E-state index in [9.17, 15) is 9.59 Å². The van der Waals surface area contributed by atoms with E-state index in [-0.39, 0.29) is 11.4 Å². The molecular formula is C13H18N2O5. The van der Waals surface area contributed by atoms with Gasteiger partial charge in [-0.05, 0) is 20.8 Å². The lowest BCUT2D eigenvalue weighted by Gasteiger charge is -2.20. The highest BCUT2D eigenvalue weighted by Gasteiger charge is 2.18. The second-order valence-corrected chi connectivity index (χ2v) is 4.89. The number of ether oxygens (including phenoxy) is 3. The number of nitrogens with zero attached hydrogens (tertiary/aromatic N) is 1. The summed E-state index contributed by atoms with van der Waals surface area (Å²) >= 11 is 0. The Morgan fingerprint density at radius 1 is 1.25 bits per heavy atom. The maximum atomic E-state index is 11.7. The molecule has 0 bridgehead atoms. The van der Waals surface area contributed by atoms with Crippen molar-refractivity contribution in [3.8, 4) is 5.75 Å².